The second-order valence-electron chi connectivity index (χ2n) is 3.64. The smallest absolute Gasteiger partial charge is 0.329 e. The monoisotopic (exact) mass is 271 g/mol. The van der Waals surface area contributed by atoms with E-state index in [1.165, 1.54) is 0 Å². The maximum absolute atomic E-state index is 11.7. The molecular formula is C12H14ClNO4. The van der Waals surface area contributed by atoms with Gasteiger partial charge in [-0.05, 0) is 18.6 Å². The van der Waals surface area contributed by atoms with Gasteiger partial charge in [0.15, 0.2) is 0 Å². The molecule has 2 N–H and O–H groups in total. The molecule has 1 aromatic rings. The van der Waals surface area contributed by atoms with Crippen LogP contribution in [0.3, 0.4) is 0 Å². The summed E-state index contributed by atoms with van der Waals surface area (Å²) in [5.41, 5.74) is 1.22. The minimum absolute atomic E-state index is 0.140. The van der Waals surface area contributed by atoms with E-state index in [-0.39, 0.29) is 25.7 Å². The van der Waals surface area contributed by atoms with Crippen LogP contribution in [0.25, 0.3) is 0 Å². The summed E-state index contributed by atoms with van der Waals surface area (Å²) in [7, 11) is 0. The molecule has 0 aliphatic rings. The molecule has 0 radical (unpaired) electrons. The fourth-order valence-electron chi connectivity index (χ4n) is 1.31. The number of carbonyl (C=O) groups is 2. The van der Waals surface area contributed by atoms with E-state index in [1.54, 1.807) is 12.1 Å². The minimum atomic E-state index is -1.04. The zero-order valence-corrected chi connectivity index (χ0v) is 10.7. The summed E-state index contributed by atoms with van der Waals surface area (Å²) in [6.07, 6.45) is 0. The van der Waals surface area contributed by atoms with Crippen molar-refractivity contribution >= 4 is 23.5 Å². The largest absolute Gasteiger partial charge is 0.480 e. The number of rotatable bonds is 6. The molecule has 1 amide bonds. The number of aryl methyl sites for hydroxylation is 1. The minimum Gasteiger partial charge on any atom is -0.480 e. The molecule has 1 rings (SSSR count). The van der Waals surface area contributed by atoms with Crippen LogP contribution in [0.2, 0.25) is 5.02 Å². The highest BCUT2D eigenvalue weighted by atomic mass is 35.5. The van der Waals surface area contributed by atoms with Gasteiger partial charge in [0.25, 0.3) is 5.91 Å². The lowest BCUT2D eigenvalue weighted by atomic mass is 10.1. The first kappa shape index (κ1) is 14.5. The molecule has 1 aromatic carbocycles. The third-order valence-electron chi connectivity index (χ3n) is 2.19. The molecule has 0 saturated heterocycles. The molecule has 0 atom stereocenters. The Hall–Kier alpha value is -1.59. The van der Waals surface area contributed by atoms with Crippen LogP contribution in [0.1, 0.15) is 15.9 Å². The summed E-state index contributed by atoms with van der Waals surface area (Å²) in [5, 5.41) is 11.4. The fraction of sp³-hybridized carbons (Fsp3) is 0.333. The number of benzene rings is 1. The summed E-state index contributed by atoms with van der Waals surface area (Å²) in [6, 6.07) is 5.19. The maximum Gasteiger partial charge on any atom is 0.329 e. The predicted octanol–water partition coefficient (Wildman–Crippen LogP) is 1.48. The van der Waals surface area contributed by atoms with E-state index < -0.39 is 5.97 Å². The Labute approximate surface area is 110 Å². The first-order chi connectivity index (χ1) is 8.52. The van der Waals surface area contributed by atoms with Crippen LogP contribution < -0.4 is 5.32 Å². The van der Waals surface area contributed by atoms with Gasteiger partial charge in [-0.25, -0.2) is 4.79 Å². The van der Waals surface area contributed by atoms with E-state index >= 15 is 0 Å². The maximum atomic E-state index is 11.7. The van der Waals surface area contributed by atoms with Gasteiger partial charge >= 0.3 is 5.97 Å². The lowest BCUT2D eigenvalue weighted by Gasteiger charge is -2.08. The number of hydrogen-bond acceptors (Lipinski definition) is 3. The number of amides is 1. The normalized spacial score (nSPS) is 10.1. The van der Waals surface area contributed by atoms with E-state index in [0.29, 0.717) is 10.6 Å². The average Bonchev–Trinajstić information content (AvgIpc) is 2.31. The van der Waals surface area contributed by atoms with Gasteiger partial charge in [-0.1, -0.05) is 23.7 Å². The van der Waals surface area contributed by atoms with Gasteiger partial charge in [0.1, 0.15) is 6.61 Å². The molecule has 98 valence electrons. The van der Waals surface area contributed by atoms with Gasteiger partial charge in [0.2, 0.25) is 0 Å². The van der Waals surface area contributed by atoms with E-state index in [1.807, 2.05) is 13.0 Å². The number of aliphatic carboxylic acids is 1. The van der Waals surface area contributed by atoms with E-state index in [4.69, 9.17) is 21.4 Å². The van der Waals surface area contributed by atoms with Crippen molar-refractivity contribution in [2.24, 2.45) is 0 Å². The van der Waals surface area contributed by atoms with Crippen LogP contribution in [-0.4, -0.2) is 36.7 Å². The average molecular weight is 272 g/mol. The lowest BCUT2D eigenvalue weighted by molar-refractivity contribution is -0.142. The van der Waals surface area contributed by atoms with E-state index in [2.05, 4.69) is 5.32 Å². The quantitative estimate of drug-likeness (QED) is 0.769. The SMILES string of the molecule is Cc1cccc(C(=O)NCCOCC(=O)O)c1Cl. The van der Waals surface area contributed by atoms with Gasteiger partial charge in [-0.3, -0.25) is 4.79 Å². The van der Waals surface area contributed by atoms with Crippen LogP contribution in [0.5, 0.6) is 0 Å². The highest BCUT2D eigenvalue weighted by Crippen LogP contribution is 2.19. The van der Waals surface area contributed by atoms with Gasteiger partial charge in [0.05, 0.1) is 17.2 Å². The number of carboxylic acid groups (broad SMARTS) is 1. The van der Waals surface area contributed by atoms with Crippen molar-refractivity contribution < 1.29 is 19.4 Å². The van der Waals surface area contributed by atoms with E-state index in [0.717, 1.165) is 5.56 Å². The molecule has 0 aliphatic carbocycles. The standard InChI is InChI=1S/C12H14ClNO4/c1-8-3-2-4-9(11(8)13)12(17)14-5-6-18-7-10(15)16/h2-4H,5-7H2,1H3,(H,14,17)(H,15,16). The molecule has 6 heteroatoms. The van der Waals surface area contributed by atoms with Crippen molar-refractivity contribution in [1.29, 1.82) is 0 Å². The Bertz CT molecular complexity index is 448. The van der Waals surface area contributed by atoms with Gasteiger partial charge in [-0.15, -0.1) is 0 Å². The Kier molecular flexibility index (Phi) is 5.61. The molecule has 0 aliphatic heterocycles. The first-order valence-corrected chi connectivity index (χ1v) is 5.73. The molecule has 0 aromatic heterocycles. The van der Waals surface area contributed by atoms with Crippen molar-refractivity contribution in [2.75, 3.05) is 19.8 Å². The number of carboxylic acids is 1. The second kappa shape index (κ2) is 6.98. The van der Waals surface area contributed by atoms with Crippen molar-refractivity contribution in [3.8, 4) is 0 Å². The van der Waals surface area contributed by atoms with Crippen LogP contribution in [0.4, 0.5) is 0 Å². The highest BCUT2D eigenvalue weighted by molar-refractivity contribution is 6.34. The topological polar surface area (TPSA) is 75.6 Å². The summed E-state index contributed by atoms with van der Waals surface area (Å²) in [5.74, 6) is -1.34. The van der Waals surface area contributed by atoms with E-state index in [9.17, 15) is 9.59 Å². The second-order valence-corrected chi connectivity index (χ2v) is 4.02. The van der Waals surface area contributed by atoms with Crippen molar-refractivity contribution in [2.45, 2.75) is 6.92 Å². The number of ether oxygens (including phenoxy) is 1. The highest BCUT2D eigenvalue weighted by Gasteiger charge is 2.10. The van der Waals surface area contributed by atoms with Crippen molar-refractivity contribution in [3.05, 3.63) is 34.3 Å². The fourth-order valence-corrected chi connectivity index (χ4v) is 1.53. The molecule has 0 saturated carbocycles. The zero-order chi connectivity index (χ0) is 13.5. The molecule has 0 heterocycles. The van der Waals surface area contributed by atoms with Crippen LogP contribution in [0, 0.1) is 6.92 Å². The van der Waals surface area contributed by atoms with Gasteiger partial charge in [-0.2, -0.15) is 0 Å². The summed E-state index contributed by atoms with van der Waals surface area (Å²) in [4.78, 5) is 21.9. The summed E-state index contributed by atoms with van der Waals surface area (Å²) in [6.45, 7) is 1.81. The number of nitrogens with one attached hydrogen (secondary N) is 1. The summed E-state index contributed by atoms with van der Waals surface area (Å²) >= 11 is 6.00. The molecular weight excluding hydrogens is 258 g/mol. The Balaban J connectivity index is 2.41. The van der Waals surface area contributed by atoms with Crippen LogP contribution >= 0.6 is 11.6 Å². The summed E-state index contributed by atoms with van der Waals surface area (Å²) < 4.78 is 4.79. The van der Waals surface area contributed by atoms with Crippen molar-refractivity contribution in [1.82, 2.24) is 5.32 Å². The molecule has 0 fully saturated rings. The molecule has 0 bridgehead atoms. The van der Waals surface area contributed by atoms with Crippen LogP contribution in [-0.2, 0) is 9.53 Å². The number of hydrogen-bond donors (Lipinski definition) is 2. The third-order valence-corrected chi connectivity index (χ3v) is 2.70. The molecule has 5 nitrogen and oxygen atoms in total. The number of halogens is 1. The van der Waals surface area contributed by atoms with Gasteiger partial charge < -0.3 is 15.2 Å². The Morgan fingerprint density at radius 2 is 2.17 bits per heavy atom. The first-order valence-electron chi connectivity index (χ1n) is 5.35. The zero-order valence-electron chi connectivity index (χ0n) is 9.90. The van der Waals surface area contributed by atoms with Gasteiger partial charge in [0, 0.05) is 6.54 Å². The van der Waals surface area contributed by atoms with Crippen molar-refractivity contribution in [3.63, 3.8) is 0 Å². The molecule has 18 heavy (non-hydrogen) atoms. The predicted molar refractivity (Wildman–Crippen MR) is 67.0 cm³/mol. The molecule has 0 unspecified atom stereocenters. The van der Waals surface area contributed by atoms with Crippen LogP contribution in [0.15, 0.2) is 18.2 Å². The third kappa shape index (κ3) is 4.35. The Morgan fingerprint density at radius 1 is 1.44 bits per heavy atom. The lowest BCUT2D eigenvalue weighted by Crippen LogP contribution is -2.28. The number of carbonyl (C=O) groups excluding carboxylic acids is 1. The Morgan fingerprint density at radius 3 is 2.83 bits per heavy atom. The molecule has 0 spiro atoms.